The van der Waals surface area contributed by atoms with Gasteiger partial charge in [0.15, 0.2) is 5.76 Å². The van der Waals surface area contributed by atoms with E-state index < -0.39 is 6.10 Å². The maximum atomic E-state index is 12.8. The number of rotatable bonds is 6. The van der Waals surface area contributed by atoms with Crippen LogP contribution in [-0.4, -0.2) is 26.4 Å². The van der Waals surface area contributed by atoms with E-state index in [9.17, 15) is 20.1 Å². The molecule has 29 heavy (non-hydrogen) atoms. The van der Waals surface area contributed by atoms with Crippen LogP contribution in [0.25, 0.3) is 11.3 Å². The number of amides is 1. The lowest BCUT2D eigenvalue weighted by Crippen LogP contribution is -2.14. The topological polar surface area (TPSA) is 116 Å². The van der Waals surface area contributed by atoms with E-state index in [-0.39, 0.29) is 46.0 Å². The number of hydrogen-bond acceptors (Lipinski definition) is 7. The zero-order chi connectivity index (χ0) is 21.3. The van der Waals surface area contributed by atoms with Crippen LogP contribution < -0.4 is 5.32 Å². The number of aromatic hydroxyl groups is 2. The van der Waals surface area contributed by atoms with E-state index >= 15 is 0 Å². The number of hydrogen-bond donors (Lipinski definition) is 4. The summed E-state index contributed by atoms with van der Waals surface area (Å²) in [5, 5.41) is 39.5. The van der Waals surface area contributed by atoms with Crippen molar-refractivity contribution in [1.82, 2.24) is 5.16 Å². The highest BCUT2D eigenvalue weighted by molar-refractivity contribution is 7.12. The molecule has 2 heterocycles. The third-order valence-electron chi connectivity index (χ3n) is 4.74. The molecule has 0 saturated carbocycles. The third-order valence-corrected chi connectivity index (χ3v) is 5.75. The van der Waals surface area contributed by atoms with Crippen LogP contribution in [0.2, 0.25) is 0 Å². The van der Waals surface area contributed by atoms with Crippen LogP contribution in [0.5, 0.6) is 11.5 Å². The van der Waals surface area contributed by atoms with Gasteiger partial charge in [0, 0.05) is 6.07 Å². The lowest BCUT2D eigenvalue weighted by Gasteiger charge is -2.13. The van der Waals surface area contributed by atoms with Gasteiger partial charge in [-0.25, -0.2) is 0 Å². The number of benzene rings is 1. The summed E-state index contributed by atoms with van der Waals surface area (Å²) in [6.45, 7) is 7.43. The summed E-state index contributed by atoms with van der Waals surface area (Å²) >= 11 is 1.30. The highest BCUT2D eigenvalue weighted by Gasteiger charge is 2.27. The maximum Gasteiger partial charge on any atom is 0.266 e. The molecule has 2 aromatic heterocycles. The van der Waals surface area contributed by atoms with Crippen LogP contribution in [0.15, 0.2) is 28.1 Å². The van der Waals surface area contributed by atoms with Gasteiger partial charge in [0.25, 0.3) is 5.91 Å². The van der Waals surface area contributed by atoms with Gasteiger partial charge in [-0.15, -0.1) is 11.3 Å². The Hall–Kier alpha value is -2.84. The summed E-state index contributed by atoms with van der Waals surface area (Å²) < 4.78 is 5.45. The number of aromatic nitrogens is 1. The predicted octanol–water partition coefficient (Wildman–Crippen LogP) is 4.94. The molecule has 1 amide bonds. The highest BCUT2D eigenvalue weighted by Crippen LogP contribution is 2.43. The average molecular weight is 416 g/mol. The minimum absolute atomic E-state index is 0.00946. The number of anilines is 1. The number of phenolic OH excluding ortho intramolecular Hbond substituents is 2. The van der Waals surface area contributed by atoms with Crippen molar-refractivity contribution in [2.45, 2.75) is 46.1 Å². The van der Waals surface area contributed by atoms with Crippen molar-refractivity contribution in [3.63, 3.8) is 0 Å². The van der Waals surface area contributed by atoms with Crippen molar-refractivity contribution in [3.05, 3.63) is 45.3 Å². The van der Waals surface area contributed by atoms with Crippen LogP contribution in [0.1, 0.15) is 65.7 Å². The van der Waals surface area contributed by atoms with Gasteiger partial charge in [0.1, 0.15) is 29.0 Å². The van der Waals surface area contributed by atoms with Crippen molar-refractivity contribution < 1.29 is 24.6 Å². The van der Waals surface area contributed by atoms with Crippen LogP contribution in [-0.2, 0) is 0 Å². The van der Waals surface area contributed by atoms with Gasteiger partial charge in [-0.1, -0.05) is 25.9 Å². The first-order valence-corrected chi connectivity index (χ1v) is 10.2. The lowest BCUT2D eigenvalue weighted by atomic mass is 9.97. The van der Waals surface area contributed by atoms with Gasteiger partial charge >= 0.3 is 0 Å². The van der Waals surface area contributed by atoms with E-state index in [0.717, 1.165) is 5.56 Å². The van der Waals surface area contributed by atoms with E-state index in [2.05, 4.69) is 10.5 Å². The molecule has 7 nitrogen and oxygen atoms in total. The molecule has 154 valence electrons. The molecule has 0 aliphatic heterocycles. The number of nitrogens with zero attached hydrogens (tertiary/aromatic N) is 1. The molecule has 0 fully saturated rings. The zero-order valence-corrected chi connectivity index (χ0v) is 17.5. The molecule has 0 spiro atoms. The van der Waals surface area contributed by atoms with Gasteiger partial charge in [0.05, 0.1) is 10.4 Å². The third kappa shape index (κ3) is 3.99. The molecule has 0 bridgehead atoms. The summed E-state index contributed by atoms with van der Waals surface area (Å²) in [7, 11) is 0. The minimum atomic E-state index is -0.948. The quantitative estimate of drug-likeness (QED) is 0.452. The summed E-state index contributed by atoms with van der Waals surface area (Å²) in [6, 6.07) is 4.68. The molecule has 1 aromatic carbocycles. The first-order valence-electron chi connectivity index (χ1n) is 9.33. The first kappa shape index (κ1) is 20.9. The average Bonchev–Trinajstić information content (AvgIpc) is 3.27. The SMILES string of the molecule is CCC(O)c1noc(-c2cc(C(C)C)c(O)cc2O)c1NC(=O)c1sccc1C. The molecular formula is C21H24N2O5S. The summed E-state index contributed by atoms with van der Waals surface area (Å²) in [5.41, 5.74) is 2.10. The molecule has 0 saturated heterocycles. The molecule has 8 heteroatoms. The molecule has 0 aliphatic carbocycles. The molecule has 1 unspecified atom stereocenters. The summed E-state index contributed by atoms with van der Waals surface area (Å²) in [6.07, 6.45) is -0.581. The van der Waals surface area contributed by atoms with Crippen molar-refractivity contribution in [2.24, 2.45) is 0 Å². The standard InChI is InChI=1S/C21H24N2O5S/c1-5-14(24)17-18(22-21(27)20-11(4)6-7-29-20)19(28-23-17)13-8-12(10(2)3)15(25)9-16(13)26/h6-10,14,24-26H,5H2,1-4H3,(H,22,27). The number of thiophene rings is 1. The van der Waals surface area contributed by atoms with E-state index in [1.165, 1.54) is 17.4 Å². The number of aryl methyl sites for hydroxylation is 1. The molecular weight excluding hydrogens is 392 g/mol. The number of phenols is 2. The fraction of sp³-hybridized carbons (Fsp3) is 0.333. The van der Waals surface area contributed by atoms with E-state index in [1.807, 2.05) is 32.2 Å². The monoisotopic (exact) mass is 416 g/mol. The van der Waals surface area contributed by atoms with Crippen LogP contribution >= 0.6 is 11.3 Å². The van der Waals surface area contributed by atoms with Crippen molar-refractivity contribution in [3.8, 4) is 22.8 Å². The number of carbonyl (C=O) groups is 1. The Bertz CT molecular complexity index is 1040. The van der Waals surface area contributed by atoms with Gasteiger partial charge in [-0.3, -0.25) is 4.79 Å². The van der Waals surface area contributed by atoms with Crippen LogP contribution in [0.4, 0.5) is 5.69 Å². The Kier molecular flexibility index (Phi) is 5.95. The van der Waals surface area contributed by atoms with Crippen LogP contribution in [0, 0.1) is 6.92 Å². The maximum absolute atomic E-state index is 12.8. The summed E-state index contributed by atoms with van der Waals surface area (Å²) in [5.74, 6) is -0.495. The molecule has 3 rings (SSSR count). The molecule has 4 N–H and O–H groups in total. The molecule has 1 atom stereocenters. The number of carbonyl (C=O) groups excluding carboxylic acids is 1. The van der Waals surface area contributed by atoms with Gasteiger partial charge < -0.3 is 25.2 Å². The molecule has 0 aliphatic rings. The normalized spacial score (nSPS) is 12.3. The van der Waals surface area contributed by atoms with Gasteiger partial charge in [-0.05, 0) is 47.9 Å². The first-order chi connectivity index (χ1) is 13.7. The van der Waals surface area contributed by atoms with Gasteiger partial charge in [-0.2, -0.15) is 0 Å². The number of aliphatic hydroxyl groups is 1. The van der Waals surface area contributed by atoms with E-state index in [0.29, 0.717) is 16.9 Å². The minimum Gasteiger partial charge on any atom is -0.508 e. The Morgan fingerprint density at radius 2 is 2.00 bits per heavy atom. The van der Waals surface area contributed by atoms with Crippen LogP contribution in [0.3, 0.4) is 0 Å². The van der Waals surface area contributed by atoms with Crippen molar-refractivity contribution >= 4 is 22.9 Å². The Morgan fingerprint density at radius 3 is 2.59 bits per heavy atom. The molecule has 3 aromatic rings. The van der Waals surface area contributed by atoms with Crippen molar-refractivity contribution in [2.75, 3.05) is 5.32 Å². The lowest BCUT2D eigenvalue weighted by molar-refractivity contribution is 0.102. The predicted molar refractivity (Wildman–Crippen MR) is 112 cm³/mol. The fourth-order valence-corrected chi connectivity index (χ4v) is 3.86. The van der Waals surface area contributed by atoms with E-state index in [1.54, 1.807) is 13.0 Å². The Morgan fingerprint density at radius 1 is 1.28 bits per heavy atom. The van der Waals surface area contributed by atoms with Gasteiger partial charge in [0.2, 0.25) is 0 Å². The van der Waals surface area contributed by atoms with Crippen molar-refractivity contribution in [1.29, 1.82) is 0 Å². The Labute approximate surface area is 172 Å². The van der Waals surface area contributed by atoms with E-state index in [4.69, 9.17) is 4.52 Å². The largest absolute Gasteiger partial charge is 0.508 e. The second kappa shape index (κ2) is 8.26. The fourth-order valence-electron chi connectivity index (χ4n) is 3.04. The zero-order valence-electron chi connectivity index (χ0n) is 16.7. The second-order valence-electron chi connectivity index (χ2n) is 7.17. The number of nitrogens with one attached hydrogen (secondary N) is 1. The molecule has 0 radical (unpaired) electrons. The Balaban J connectivity index is 2.13. The second-order valence-corrected chi connectivity index (χ2v) is 8.08. The highest BCUT2D eigenvalue weighted by atomic mass is 32.1. The number of aliphatic hydroxyl groups excluding tert-OH is 1. The smallest absolute Gasteiger partial charge is 0.266 e. The summed E-state index contributed by atoms with van der Waals surface area (Å²) in [4.78, 5) is 13.3.